The van der Waals surface area contributed by atoms with Gasteiger partial charge in [-0.1, -0.05) is 30.3 Å². The van der Waals surface area contributed by atoms with Crippen molar-refractivity contribution < 1.29 is 9.53 Å². The Kier molecular flexibility index (Phi) is 5.39. The maximum Gasteiger partial charge on any atom is 0.250 e. The highest BCUT2D eigenvalue weighted by molar-refractivity contribution is 6.03. The quantitative estimate of drug-likeness (QED) is 0.649. The summed E-state index contributed by atoms with van der Waals surface area (Å²) in [5.41, 5.74) is 2.59. The van der Waals surface area contributed by atoms with Gasteiger partial charge in [0.2, 0.25) is 5.88 Å². The van der Waals surface area contributed by atoms with E-state index in [0.717, 1.165) is 16.9 Å². The number of likely N-dealkylation sites (N-methyl/N-ethyl adjacent to an activating group) is 1. The Morgan fingerprint density at radius 2 is 1.69 bits per heavy atom. The van der Waals surface area contributed by atoms with Crippen molar-refractivity contribution >= 4 is 17.7 Å². The highest BCUT2D eigenvalue weighted by atomic mass is 16.5. The molecule has 0 unspecified atom stereocenters. The summed E-state index contributed by atoms with van der Waals surface area (Å²) in [7, 11) is 1.74. The molecule has 1 heterocycles. The van der Waals surface area contributed by atoms with Crippen molar-refractivity contribution in [1.29, 1.82) is 0 Å². The molecule has 0 aliphatic rings. The Morgan fingerprint density at radius 3 is 2.35 bits per heavy atom. The van der Waals surface area contributed by atoms with E-state index in [0.29, 0.717) is 11.6 Å². The van der Waals surface area contributed by atoms with Gasteiger partial charge in [-0.05, 0) is 48.9 Å². The lowest BCUT2D eigenvalue weighted by Gasteiger charge is -2.15. The summed E-state index contributed by atoms with van der Waals surface area (Å²) < 4.78 is 5.64. The van der Waals surface area contributed by atoms with Gasteiger partial charge in [-0.25, -0.2) is 0 Å². The molecule has 0 atom stereocenters. The molecule has 0 N–H and O–H groups in total. The highest BCUT2D eigenvalue weighted by Crippen LogP contribution is 2.22. The number of aromatic nitrogens is 2. The van der Waals surface area contributed by atoms with Crippen LogP contribution in [0.2, 0.25) is 0 Å². The summed E-state index contributed by atoms with van der Waals surface area (Å²) in [5.74, 6) is 0.957. The van der Waals surface area contributed by atoms with Gasteiger partial charge in [0.05, 0.1) is 5.69 Å². The lowest BCUT2D eigenvalue weighted by atomic mass is 10.2. The zero-order chi connectivity index (χ0) is 18.4. The smallest absolute Gasteiger partial charge is 0.250 e. The van der Waals surface area contributed by atoms with E-state index < -0.39 is 0 Å². The molecule has 0 radical (unpaired) electrons. The van der Waals surface area contributed by atoms with E-state index in [9.17, 15) is 4.79 Å². The van der Waals surface area contributed by atoms with Crippen LogP contribution in [0.3, 0.4) is 0 Å². The van der Waals surface area contributed by atoms with E-state index in [1.807, 2.05) is 55.5 Å². The summed E-state index contributed by atoms with van der Waals surface area (Å²) in [6.45, 7) is 1.87. The number of carbonyl (C=O) groups excluding carboxylic acids is 1. The van der Waals surface area contributed by atoms with Crippen molar-refractivity contribution in [3.05, 3.63) is 84.1 Å². The number of hydrogen-bond acceptors (Lipinski definition) is 4. The Bertz CT molecular complexity index is 889. The van der Waals surface area contributed by atoms with Crippen LogP contribution >= 0.6 is 0 Å². The second-order valence-electron chi connectivity index (χ2n) is 5.75. The number of carbonyl (C=O) groups is 1. The van der Waals surface area contributed by atoms with Crippen molar-refractivity contribution in [2.75, 3.05) is 11.9 Å². The number of benzene rings is 2. The number of rotatable bonds is 5. The molecule has 0 saturated carbocycles. The van der Waals surface area contributed by atoms with Gasteiger partial charge in [0.25, 0.3) is 5.91 Å². The molecule has 1 amide bonds. The van der Waals surface area contributed by atoms with Crippen LogP contribution in [0.15, 0.2) is 72.8 Å². The van der Waals surface area contributed by atoms with Crippen LogP contribution in [0.4, 0.5) is 5.69 Å². The molecule has 5 nitrogen and oxygen atoms in total. The summed E-state index contributed by atoms with van der Waals surface area (Å²) in [6.07, 6.45) is 3.36. The van der Waals surface area contributed by atoms with E-state index in [1.54, 1.807) is 42.3 Å². The van der Waals surface area contributed by atoms with Gasteiger partial charge < -0.3 is 9.64 Å². The average Bonchev–Trinajstić information content (AvgIpc) is 2.69. The monoisotopic (exact) mass is 345 g/mol. The van der Waals surface area contributed by atoms with Crippen LogP contribution in [0.25, 0.3) is 6.08 Å². The van der Waals surface area contributed by atoms with Gasteiger partial charge >= 0.3 is 0 Å². The third-order valence-corrected chi connectivity index (χ3v) is 3.77. The Morgan fingerprint density at radius 1 is 0.962 bits per heavy atom. The van der Waals surface area contributed by atoms with Crippen molar-refractivity contribution in [2.45, 2.75) is 6.92 Å². The maximum absolute atomic E-state index is 12.3. The average molecular weight is 345 g/mol. The number of amides is 1. The Labute approximate surface area is 152 Å². The van der Waals surface area contributed by atoms with Crippen LogP contribution in [0.5, 0.6) is 11.6 Å². The zero-order valence-corrected chi connectivity index (χ0v) is 14.7. The molecule has 3 aromatic rings. The van der Waals surface area contributed by atoms with Gasteiger partial charge in [-0.2, -0.15) is 5.10 Å². The largest absolute Gasteiger partial charge is 0.438 e. The summed E-state index contributed by atoms with van der Waals surface area (Å²) in [5, 5.41) is 7.92. The fourth-order valence-electron chi connectivity index (χ4n) is 2.27. The van der Waals surface area contributed by atoms with Crippen LogP contribution in [-0.4, -0.2) is 23.2 Å². The predicted molar refractivity (Wildman–Crippen MR) is 102 cm³/mol. The molecule has 3 rings (SSSR count). The molecule has 5 heteroatoms. The van der Waals surface area contributed by atoms with Gasteiger partial charge in [-0.15, -0.1) is 5.10 Å². The lowest BCUT2D eigenvalue weighted by Crippen LogP contribution is -2.23. The Balaban J connectivity index is 1.64. The normalized spacial score (nSPS) is 10.7. The topological polar surface area (TPSA) is 55.3 Å². The molecule has 1 aromatic heterocycles. The number of anilines is 1. The molecule has 0 aliphatic heterocycles. The highest BCUT2D eigenvalue weighted by Gasteiger charge is 2.08. The van der Waals surface area contributed by atoms with Gasteiger partial charge in [0.15, 0.2) is 0 Å². The van der Waals surface area contributed by atoms with Crippen molar-refractivity contribution in [2.24, 2.45) is 0 Å². The zero-order valence-electron chi connectivity index (χ0n) is 14.7. The van der Waals surface area contributed by atoms with Crippen LogP contribution in [0.1, 0.15) is 11.3 Å². The first kappa shape index (κ1) is 17.4. The van der Waals surface area contributed by atoms with Crippen LogP contribution < -0.4 is 9.64 Å². The number of aryl methyl sites for hydroxylation is 1. The molecular formula is C21H19N3O2. The van der Waals surface area contributed by atoms with Crippen molar-refractivity contribution in [1.82, 2.24) is 10.2 Å². The molecule has 0 bridgehead atoms. The van der Waals surface area contributed by atoms with Crippen LogP contribution in [-0.2, 0) is 4.79 Å². The fraction of sp³-hybridized carbons (Fsp3) is 0.0952. The van der Waals surface area contributed by atoms with E-state index in [2.05, 4.69) is 10.2 Å². The van der Waals surface area contributed by atoms with E-state index in [1.165, 1.54) is 0 Å². The second-order valence-corrected chi connectivity index (χ2v) is 5.75. The van der Waals surface area contributed by atoms with Crippen LogP contribution in [0, 0.1) is 6.92 Å². The first-order valence-electron chi connectivity index (χ1n) is 8.21. The molecule has 0 fully saturated rings. The van der Waals surface area contributed by atoms with E-state index in [4.69, 9.17) is 4.74 Å². The molecule has 2 aromatic carbocycles. The lowest BCUT2D eigenvalue weighted by molar-refractivity contribution is -0.113. The SMILES string of the molecule is Cc1ccc(Oc2ccc(N(C)C(=O)/C=C/c3ccccc3)cc2)nn1. The Hall–Kier alpha value is -3.47. The van der Waals surface area contributed by atoms with Crippen molar-refractivity contribution in [3.63, 3.8) is 0 Å². The predicted octanol–water partition coefficient (Wildman–Crippen LogP) is 4.25. The fourth-order valence-corrected chi connectivity index (χ4v) is 2.27. The minimum absolute atomic E-state index is 0.105. The third-order valence-electron chi connectivity index (χ3n) is 3.77. The summed E-state index contributed by atoms with van der Waals surface area (Å²) in [4.78, 5) is 13.9. The second kappa shape index (κ2) is 8.07. The molecule has 0 saturated heterocycles. The van der Waals surface area contributed by atoms with E-state index in [-0.39, 0.29) is 5.91 Å². The first-order chi connectivity index (χ1) is 12.6. The minimum atomic E-state index is -0.105. The molecule has 130 valence electrons. The standard InChI is InChI=1S/C21H19N3O2/c1-16-8-14-20(23-22-16)26-19-12-10-18(11-13-19)24(2)21(25)15-9-17-6-4-3-5-7-17/h3-15H,1-2H3/b15-9+. The molecule has 0 aliphatic carbocycles. The first-order valence-corrected chi connectivity index (χ1v) is 8.21. The summed E-state index contributed by atoms with van der Waals surface area (Å²) in [6, 6.07) is 20.5. The maximum atomic E-state index is 12.3. The third kappa shape index (κ3) is 4.54. The summed E-state index contributed by atoms with van der Waals surface area (Å²) >= 11 is 0. The molecule has 0 spiro atoms. The molecular weight excluding hydrogens is 326 g/mol. The number of hydrogen-bond donors (Lipinski definition) is 0. The minimum Gasteiger partial charge on any atom is -0.438 e. The van der Waals surface area contributed by atoms with Gasteiger partial charge in [0.1, 0.15) is 5.75 Å². The van der Waals surface area contributed by atoms with Gasteiger partial charge in [-0.3, -0.25) is 4.79 Å². The molecule has 26 heavy (non-hydrogen) atoms. The van der Waals surface area contributed by atoms with Crippen molar-refractivity contribution in [3.8, 4) is 11.6 Å². The van der Waals surface area contributed by atoms with Gasteiger partial charge in [0, 0.05) is 24.9 Å². The van der Waals surface area contributed by atoms with E-state index >= 15 is 0 Å². The number of nitrogens with zero attached hydrogens (tertiary/aromatic N) is 3. The number of ether oxygens (including phenoxy) is 1.